The number of carbonyl (C=O) groups is 2. The summed E-state index contributed by atoms with van der Waals surface area (Å²) in [6, 6.07) is 0. The molecule has 0 atom stereocenters. The average molecular weight is 312 g/mol. The summed E-state index contributed by atoms with van der Waals surface area (Å²) in [4.78, 5) is 21.8. The molecule has 0 saturated carbocycles. The first-order chi connectivity index (χ1) is 10.7. The molecule has 0 saturated heterocycles. The molecular weight excluding hydrogens is 280 g/mol. The van der Waals surface area contributed by atoms with Crippen molar-refractivity contribution in [2.75, 3.05) is 14.2 Å². The Kier molecular flexibility index (Phi) is 15.1. The topological polar surface area (TPSA) is 52.6 Å². The lowest BCUT2D eigenvalue weighted by Gasteiger charge is -2.00. The number of rotatable bonds is 14. The van der Waals surface area contributed by atoms with Crippen LogP contribution in [0, 0.1) is 0 Å². The molecule has 0 aromatic carbocycles. The van der Waals surface area contributed by atoms with Crippen molar-refractivity contribution in [1.82, 2.24) is 0 Å². The van der Waals surface area contributed by atoms with Gasteiger partial charge in [-0.1, -0.05) is 37.8 Å². The van der Waals surface area contributed by atoms with E-state index in [0.29, 0.717) is 12.8 Å². The van der Waals surface area contributed by atoms with Crippen LogP contribution in [-0.4, -0.2) is 26.2 Å². The van der Waals surface area contributed by atoms with Gasteiger partial charge in [0.05, 0.1) is 14.2 Å². The first-order valence-electron chi connectivity index (χ1n) is 8.49. The molecule has 0 aliphatic rings. The van der Waals surface area contributed by atoms with Gasteiger partial charge in [0.2, 0.25) is 0 Å². The summed E-state index contributed by atoms with van der Waals surface area (Å²) in [5.41, 5.74) is 0. The van der Waals surface area contributed by atoms with E-state index < -0.39 is 0 Å². The van der Waals surface area contributed by atoms with Crippen LogP contribution in [0.1, 0.15) is 77.0 Å². The number of allylic oxidation sites excluding steroid dienone is 2. The van der Waals surface area contributed by atoms with E-state index in [0.717, 1.165) is 44.9 Å². The van der Waals surface area contributed by atoms with E-state index in [1.165, 1.54) is 33.5 Å². The van der Waals surface area contributed by atoms with Crippen molar-refractivity contribution in [3.05, 3.63) is 12.2 Å². The molecule has 0 aromatic rings. The monoisotopic (exact) mass is 312 g/mol. The van der Waals surface area contributed by atoms with Crippen molar-refractivity contribution in [3.8, 4) is 0 Å². The summed E-state index contributed by atoms with van der Waals surface area (Å²) < 4.78 is 9.20. The minimum atomic E-state index is -0.109. The van der Waals surface area contributed by atoms with Gasteiger partial charge in [-0.25, -0.2) is 0 Å². The van der Waals surface area contributed by atoms with Gasteiger partial charge < -0.3 is 9.47 Å². The zero-order chi connectivity index (χ0) is 16.5. The quantitative estimate of drug-likeness (QED) is 0.268. The SMILES string of the molecule is COC(=O)CCCCC/C=C/CCCCCCCC(=O)OC. The molecule has 0 N–H and O–H groups in total. The molecule has 22 heavy (non-hydrogen) atoms. The number of esters is 2. The van der Waals surface area contributed by atoms with Crippen LogP contribution in [0.3, 0.4) is 0 Å². The molecule has 4 nitrogen and oxygen atoms in total. The largest absolute Gasteiger partial charge is 0.469 e. The van der Waals surface area contributed by atoms with Gasteiger partial charge >= 0.3 is 11.9 Å². The average Bonchev–Trinajstić information content (AvgIpc) is 2.54. The summed E-state index contributed by atoms with van der Waals surface area (Å²) in [6.07, 6.45) is 16.7. The minimum Gasteiger partial charge on any atom is -0.469 e. The lowest BCUT2D eigenvalue weighted by Crippen LogP contribution is -1.99. The minimum absolute atomic E-state index is 0.102. The second-order valence-electron chi connectivity index (χ2n) is 5.53. The first kappa shape index (κ1) is 20.7. The predicted octanol–water partition coefficient (Wildman–Crippen LogP) is 4.57. The van der Waals surface area contributed by atoms with Gasteiger partial charge in [0.15, 0.2) is 0 Å². The highest BCUT2D eigenvalue weighted by molar-refractivity contribution is 5.69. The van der Waals surface area contributed by atoms with Crippen LogP contribution >= 0.6 is 0 Å². The third kappa shape index (κ3) is 15.1. The molecule has 0 aliphatic heterocycles. The fourth-order valence-corrected chi connectivity index (χ4v) is 2.21. The van der Waals surface area contributed by atoms with Crippen LogP contribution < -0.4 is 0 Å². The van der Waals surface area contributed by atoms with Crippen LogP contribution in [0.2, 0.25) is 0 Å². The zero-order valence-corrected chi connectivity index (χ0v) is 14.3. The van der Waals surface area contributed by atoms with Crippen molar-refractivity contribution < 1.29 is 19.1 Å². The Morgan fingerprint density at radius 3 is 1.45 bits per heavy atom. The second-order valence-corrected chi connectivity index (χ2v) is 5.53. The molecule has 4 heteroatoms. The van der Waals surface area contributed by atoms with Crippen LogP contribution in [-0.2, 0) is 19.1 Å². The zero-order valence-electron chi connectivity index (χ0n) is 14.3. The Bertz CT molecular complexity index is 310. The van der Waals surface area contributed by atoms with Gasteiger partial charge in [0.1, 0.15) is 0 Å². The molecule has 0 rings (SSSR count). The van der Waals surface area contributed by atoms with E-state index >= 15 is 0 Å². The molecule has 0 spiro atoms. The number of hydrogen-bond donors (Lipinski definition) is 0. The van der Waals surface area contributed by atoms with Crippen LogP contribution in [0.4, 0.5) is 0 Å². The van der Waals surface area contributed by atoms with E-state index in [1.54, 1.807) is 0 Å². The number of hydrogen-bond acceptors (Lipinski definition) is 4. The summed E-state index contributed by atoms with van der Waals surface area (Å²) in [6.45, 7) is 0. The molecule has 128 valence electrons. The third-order valence-corrected chi connectivity index (χ3v) is 3.63. The highest BCUT2D eigenvalue weighted by atomic mass is 16.5. The highest BCUT2D eigenvalue weighted by Crippen LogP contribution is 2.09. The fourth-order valence-electron chi connectivity index (χ4n) is 2.21. The maximum atomic E-state index is 10.9. The molecule has 0 heterocycles. The maximum absolute atomic E-state index is 10.9. The van der Waals surface area contributed by atoms with E-state index in [2.05, 4.69) is 21.6 Å². The summed E-state index contributed by atoms with van der Waals surface area (Å²) in [5, 5.41) is 0. The predicted molar refractivity (Wildman–Crippen MR) is 88.6 cm³/mol. The van der Waals surface area contributed by atoms with Crippen LogP contribution in [0.25, 0.3) is 0 Å². The fraction of sp³-hybridized carbons (Fsp3) is 0.778. The number of methoxy groups -OCH3 is 2. The standard InChI is InChI=1S/C18H32O4/c1-21-17(19)15-13-11-9-7-5-3-4-6-8-10-12-14-16-18(20)22-2/h3,5H,4,6-16H2,1-2H3/b5-3+. The van der Waals surface area contributed by atoms with Crippen molar-refractivity contribution in [3.63, 3.8) is 0 Å². The molecule has 0 aliphatic carbocycles. The van der Waals surface area contributed by atoms with Crippen molar-refractivity contribution >= 4 is 11.9 Å². The molecule has 0 aromatic heterocycles. The molecule has 0 fully saturated rings. The third-order valence-electron chi connectivity index (χ3n) is 3.63. The summed E-state index contributed by atoms with van der Waals surface area (Å²) >= 11 is 0. The Labute approximate surface area is 135 Å². The van der Waals surface area contributed by atoms with E-state index in [-0.39, 0.29) is 11.9 Å². The van der Waals surface area contributed by atoms with Crippen molar-refractivity contribution in [2.45, 2.75) is 77.0 Å². The maximum Gasteiger partial charge on any atom is 0.305 e. The van der Waals surface area contributed by atoms with E-state index in [1.807, 2.05) is 0 Å². The van der Waals surface area contributed by atoms with Gasteiger partial charge in [-0.05, 0) is 38.5 Å². The Hall–Kier alpha value is -1.32. The first-order valence-corrected chi connectivity index (χ1v) is 8.49. The second kappa shape index (κ2) is 16.1. The number of ether oxygens (including phenoxy) is 2. The molecular formula is C18H32O4. The van der Waals surface area contributed by atoms with Gasteiger partial charge in [-0.15, -0.1) is 0 Å². The van der Waals surface area contributed by atoms with E-state index in [4.69, 9.17) is 0 Å². The summed E-state index contributed by atoms with van der Waals surface area (Å²) in [5.74, 6) is -0.211. The molecule has 0 amide bonds. The van der Waals surface area contributed by atoms with Crippen molar-refractivity contribution in [1.29, 1.82) is 0 Å². The number of carbonyl (C=O) groups excluding carboxylic acids is 2. The number of unbranched alkanes of at least 4 members (excludes halogenated alkanes) is 8. The van der Waals surface area contributed by atoms with E-state index in [9.17, 15) is 9.59 Å². The van der Waals surface area contributed by atoms with Crippen LogP contribution in [0.5, 0.6) is 0 Å². The van der Waals surface area contributed by atoms with Crippen LogP contribution in [0.15, 0.2) is 12.2 Å². The smallest absolute Gasteiger partial charge is 0.305 e. The van der Waals surface area contributed by atoms with Gasteiger partial charge in [0, 0.05) is 12.8 Å². The normalized spacial score (nSPS) is 10.8. The Morgan fingerprint density at radius 2 is 1.00 bits per heavy atom. The lowest BCUT2D eigenvalue weighted by atomic mass is 10.1. The molecule has 0 unspecified atom stereocenters. The van der Waals surface area contributed by atoms with Gasteiger partial charge in [0.25, 0.3) is 0 Å². The highest BCUT2D eigenvalue weighted by Gasteiger charge is 1.99. The molecule has 0 radical (unpaired) electrons. The Morgan fingerprint density at radius 1 is 0.636 bits per heavy atom. The van der Waals surface area contributed by atoms with Crippen molar-refractivity contribution in [2.24, 2.45) is 0 Å². The lowest BCUT2D eigenvalue weighted by molar-refractivity contribution is -0.141. The van der Waals surface area contributed by atoms with Gasteiger partial charge in [-0.2, -0.15) is 0 Å². The summed E-state index contributed by atoms with van der Waals surface area (Å²) in [7, 11) is 2.87. The Balaban J connectivity index is 3.18. The van der Waals surface area contributed by atoms with Gasteiger partial charge in [-0.3, -0.25) is 9.59 Å². The molecule has 0 bridgehead atoms.